The van der Waals surface area contributed by atoms with Gasteiger partial charge in [-0.2, -0.15) is 0 Å². The molecule has 0 aliphatic rings. The highest BCUT2D eigenvalue weighted by atomic mass is 35.5. The molecule has 2 aromatic heterocycles. The molecule has 0 unspecified atom stereocenters. The van der Waals surface area contributed by atoms with E-state index in [4.69, 9.17) is 11.6 Å². The number of carbonyl (C=O) groups is 1. The van der Waals surface area contributed by atoms with Crippen molar-refractivity contribution in [3.63, 3.8) is 0 Å². The molecule has 4 N–H and O–H groups in total. The molecule has 0 fully saturated rings. The first-order chi connectivity index (χ1) is 16.1. The summed E-state index contributed by atoms with van der Waals surface area (Å²) in [6.07, 6.45) is 0. The average Bonchev–Trinajstić information content (AvgIpc) is 3.30. The van der Waals surface area contributed by atoms with Gasteiger partial charge >= 0.3 is 11.7 Å². The smallest absolute Gasteiger partial charge is 0.333 e. The third-order valence-electron chi connectivity index (χ3n) is 4.67. The summed E-state index contributed by atoms with van der Waals surface area (Å²) in [7, 11) is -2.44. The number of rotatable bonds is 5. The number of hydrogen-bond donors (Lipinski definition) is 4. The highest BCUT2D eigenvalue weighted by molar-refractivity contribution is 7.92. The Kier molecular flexibility index (Phi) is 6.17. The Morgan fingerprint density at radius 3 is 2.56 bits per heavy atom. The summed E-state index contributed by atoms with van der Waals surface area (Å²) in [5, 5.41) is 6.32. The maximum Gasteiger partial charge on any atom is 0.333 e. The summed E-state index contributed by atoms with van der Waals surface area (Å²) in [4.78, 5) is 40.2. The number of thiophene rings is 1. The van der Waals surface area contributed by atoms with Crippen LogP contribution in [-0.4, -0.2) is 31.0 Å². The Hall–Kier alpha value is -3.68. The van der Waals surface area contributed by atoms with Gasteiger partial charge in [-0.25, -0.2) is 31.7 Å². The Balaban J connectivity index is 1.69. The molecule has 2 amide bonds. The molecule has 4 aromatic rings. The first-order valence-electron chi connectivity index (χ1n) is 9.44. The number of anilines is 2. The molecule has 0 bridgehead atoms. The Labute approximate surface area is 200 Å². The van der Waals surface area contributed by atoms with E-state index in [0.717, 1.165) is 23.5 Å². The van der Waals surface area contributed by atoms with Crippen LogP contribution in [0.1, 0.15) is 0 Å². The molecule has 10 nitrogen and oxygen atoms in total. The molecule has 4 rings (SSSR count). The first-order valence-corrected chi connectivity index (χ1v) is 12.2. The van der Waals surface area contributed by atoms with E-state index in [1.165, 1.54) is 23.6 Å². The number of nitrogens with zero attached hydrogens (tertiary/aromatic N) is 1. The van der Waals surface area contributed by atoms with Crippen LogP contribution in [-0.2, 0) is 10.0 Å². The topological polar surface area (TPSA) is 142 Å². The molecular weight excluding hydrogens is 509 g/mol. The van der Waals surface area contributed by atoms with Crippen LogP contribution in [0, 0.1) is 5.82 Å². The molecule has 0 aliphatic carbocycles. The molecule has 176 valence electrons. The number of aromatic amines is 1. The molecule has 34 heavy (non-hydrogen) atoms. The largest absolute Gasteiger partial charge is 0.388 e. The second-order valence-electron chi connectivity index (χ2n) is 6.86. The predicted octanol–water partition coefficient (Wildman–Crippen LogP) is 3.09. The van der Waals surface area contributed by atoms with Crippen molar-refractivity contribution in [1.82, 2.24) is 14.3 Å². The standard InChI is InChI=1S/C20H15ClFN5O5S2/c1-23-10-4-5-12-15(9-10)25-20(30)27(18(12)28)17-13(21)7-11(8-14(17)22)24-19(29)26-34(31,32)16-3-2-6-33-16/h2-9,23H,1H3,(H,25,30)(H2,24,26,29). The number of carbonyl (C=O) groups excluding carboxylic acids is 1. The number of aromatic nitrogens is 2. The lowest BCUT2D eigenvalue weighted by Crippen LogP contribution is -2.35. The van der Waals surface area contributed by atoms with E-state index < -0.39 is 38.8 Å². The van der Waals surface area contributed by atoms with Gasteiger partial charge in [-0.05, 0) is 41.8 Å². The first kappa shape index (κ1) is 23.5. The number of hydrogen-bond acceptors (Lipinski definition) is 7. The lowest BCUT2D eigenvalue weighted by molar-refractivity contribution is 0.256. The molecule has 0 radical (unpaired) electrons. The Morgan fingerprint density at radius 2 is 1.91 bits per heavy atom. The van der Waals surface area contributed by atoms with Crippen LogP contribution in [0.4, 0.5) is 20.6 Å². The van der Waals surface area contributed by atoms with Crippen molar-refractivity contribution in [2.24, 2.45) is 0 Å². The zero-order chi connectivity index (χ0) is 24.6. The summed E-state index contributed by atoms with van der Waals surface area (Å²) < 4.78 is 41.5. The van der Waals surface area contributed by atoms with Gasteiger partial charge in [-0.3, -0.25) is 4.79 Å². The number of benzene rings is 2. The zero-order valence-corrected chi connectivity index (χ0v) is 19.6. The number of urea groups is 1. The van der Waals surface area contributed by atoms with Crippen molar-refractivity contribution in [2.75, 3.05) is 17.7 Å². The summed E-state index contributed by atoms with van der Waals surface area (Å²) in [5.74, 6) is -1.09. The fourth-order valence-corrected chi connectivity index (χ4v) is 5.37. The second-order valence-corrected chi connectivity index (χ2v) is 10.1. The molecule has 0 aliphatic heterocycles. The molecule has 0 saturated heterocycles. The third kappa shape index (κ3) is 4.40. The fourth-order valence-electron chi connectivity index (χ4n) is 3.17. The number of halogens is 2. The van der Waals surface area contributed by atoms with E-state index >= 15 is 0 Å². The number of sulfonamides is 1. The van der Waals surface area contributed by atoms with Crippen LogP contribution in [0.5, 0.6) is 0 Å². The molecule has 2 aromatic carbocycles. The predicted molar refractivity (Wildman–Crippen MR) is 128 cm³/mol. The van der Waals surface area contributed by atoms with Gasteiger partial charge in [0.1, 0.15) is 9.90 Å². The van der Waals surface area contributed by atoms with E-state index in [1.807, 2.05) is 0 Å². The maximum absolute atomic E-state index is 15.0. The van der Waals surface area contributed by atoms with Gasteiger partial charge in [0, 0.05) is 18.4 Å². The van der Waals surface area contributed by atoms with Crippen LogP contribution >= 0.6 is 22.9 Å². The van der Waals surface area contributed by atoms with Crippen molar-refractivity contribution >= 4 is 61.3 Å². The van der Waals surface area contributed by atoms with Crippen molar-refractivity contribution < 1.29 is 17.6 Å². The van der Waals surface area contributed by atoms with Crippen LogP contribution in [0.25, 0.3) is 16.6 Å². The highest BCUT2D eigenvalue weighted by Gasteiger charge is 2.21. The van der Waals surface area contributed by atoms with E-state index in [2.05, 4.69) is 15.6 Å². The SMILES string of the molecule is CNc1ccc2c(=O)n(-c3c(F)cc(NC(=O)NS(=O)(=O)c4cccs4)cc3Cl)c(=O)[nH]c2c1. The summed E-state index contributed by atoms with van der Waals surface area (Å²) in [6.45, 7) is 0. The molecule has 14 heteroatoms. The van der Waals surface area contributed by atoms with Crippen molar-refractivity contribution in [3.05, 3.63) is 79.5 Å². The van der Waals surface area contributed by atoms with Gasteiger partial charge in [0.15, 0.2) is 5.82 Å². The maximum atomic E-state index is 15.0. The van der Waals surface area contributed by atoms with Crippen LogP contribution in [0.2, 0.25) is 5.02 Å². The molecule has 0 spiro atoms. The van der Waals surface area contributed by atoms with E-state index in [0.29, 0.717) is 10.3 Å². The monoisotopic (exact) mass is 523 g/mol. The van der Waals surface area contributed by atoms with Crippen LogP contribution < -0.4 is 26.6 Å². The highest BCUT2D eigenvalue weighted by Crippen LogP contribution is 2.27. The number of nitrogens with one attached hydrogen (secondary N) is 4. The van der Waals surface area contributed by atoms with E-state index in [-0.39, 0.29) is 25.8 Å². The summed E-state index contributed by atoms with van der Waals surface area (Å²) in [5.41, 5.74) is -1.55. The lowest BCUT2D eigenvalue weighted by Gasteiger charge is -2.13. The quantitative estimate of drug-likeness (QED) is 0.316. The van der Waals surface area contributed by atoms with Crippen LogP contribution in [0.15, 0.2) is 61.6 Å². The van der Waals surface area contributed by atoms with Gasteiger partial charge in [-0.1, -0.05) is 17.7 Å². The van der Waals surface area contributed by atoms with Gasteiger partial charge in [0.05, 0.1) is 15.9 Å². The Morgan fingerprint density at radius 1 is 1.15 bits per heavy atom. The number of H-pyrrole nitrogens is 1. The minimum atomic E-state index is -4.11. The molecule has 2 heterocycles. The zero-order valence-electron chi connectivity index (χ0n) is 17.2. The Bertz CT molecular complexity index is 1630. The average molecular weight is 524 g/mol. The van der Waals surface area contributed by atoms with Crippen molar-refractivity contribution in [1.29, 1.82) is 0 Å². The lowest BCUT2D eigenvalue weighted by atomic mass is 10.2. The minimum absolute atomic E-state index is 0.0843. The van der Waals surface area contributed by atoms with Gasteiger partial charge < -0.3 is 15.6 Å². The molecule has 0 saturated carbocycles. The number of amides is 2. The fraction of sp³-hybridized carbons (Fsp3) is 0.0500. The van der Waals surface area contributed by atoms with Gasteiger partial charge in [-0.15, -0.1) is 11.3 Å². The minimum Gasteiger partial charge on any atom is -0.388 e. The van der Waals surface area contributed by atoms with Crippen molar-refractivity contribution in [2.45, 2.75) is 4.21 Å². The van der Waals surface area contributed by atoms with Gasteiger partial charge in [0.25, 0.3) is 15.6 Å². The molecular formula is C20H15ClFN5O5S2. The van der Waals surface area contributed by atoms with Crippen molar-refractivity contribution in [3.8, 4) is 5.69 Å². The summed E-state index contributed by atoms with van der Waals surface area (Å²) in [6, 6.07) is 8.17. The van der Waals surface area contributed by atoms with Crippen LogP contribution in [0.3, 0.4) is 0 Å². The number of fused-ring (bicyclic) bond motifs is 1. The molecule has 0 atom stereocenters. The second kappa shape index (κ2) is 8.93. The third-order valence-corrected chi connectivity index (χ3v) is 7.69. The van der Waals surface area contributed by atoms with Gasteiger partial charge in [0.2, 0.25) is 0 Å². The normalized spacial score (nSPS) is 11.4. The van der Waals surface area contributed by atoms with E-state index in [1.54, 1.807) is 23.9 Å². The van der Waals surface area contributed by atoms with E-state index in [9.17, 15) is 27.2 Å². The summed E-state index contributed by atoms with van der Waals surface area (Å²) >= 11 is 7.07.